The lowest BCUT2D eigenvalue weighted by molar-refractivity contribution is -0.133. The number of carbonyl (C=O) groups is 1. The molecule has 1 atom stereocenters. The number of nitrogens with zero attached hydrogens (tertiary/aromatic N) is 2. The highest BCUT2D eigenvalue weighted by molar-refractivity contribution is 7.07. The van der Waals surface area contributed by atoms with Gasteiger partial charge in [0.1, 0.15) is 6.04 Å². The molecule has 1 aliphatic heterocycles. The first kappa shape index (κ1) is 11.5. The number of thiazole rings is 1. The predicted octanol–water partition coefficient (Wildman–Crippen LogP) is 0.0899. The smallest absolute Gasteiger partial charge is 0.242 e. The zero-order valence-electron chi connectivity index (χ0n) is 9.18. The Hall–Kier alpha value is -0.980. The van der Waals surface area contributed by atoms with Crippen molar-refractivity contribution in [2.75, 3.05) is 26.8 Å². The highest BCUT2D eigenvalue weighted by Crippen LogP contribution is 2.09. The molecule has 0 spiro atoms. The van der Waals surface area contributed by atoms with Gasteiger partial charge in [0.15, 0.2) is 0 Å². The number of amides is 1. The molecule has 0 aromatic carbocycles. The Bertz CT molecular complexity index is 342. The molecular formula is C10H15N3O2S. The van der Waals surface area contributed by atoms with E-state index in [1.54, 1.807) is 28.8 Å². The first-order chi connectivity index (χ1) is 7.81. The van der Waals surface area contributed by atoms with E-state index in [1.165, 1.54) is 0 Å². The molecule has 1 aliphatic rings. The van der Waals surface area contributed by atoms with Crippen molar-refractivity contribution in [1.82, 2.24) is 15.2 Å². The van der Waals surface area contributed by atoms with Gasteiger partial charge in [-0.15, -0.1) is 11.3 Å². The molecule has 0 aliphatic carbocycles. The Balaban J connectivity index is 2.04. The molecule has 1 amide bonds. The minimum Gasteiger partial charge on any atom is -0.377 e. The molecule has 1 fully saturated rings. The second-order valence-electron chi connectivity index (χ2n) is 3.66. The maximum atomic E-state index is 12.1. The van der Waals surface area contributed by atoms with Gasteiger partial charge in [-0.2, -0.15) is 0 Å². The number of carbonyl (C=O) groups excluding carboxylic acids is 1. The molecule has 2 rings (SSSR count). The molecule has 1 aromatic heterocycles. The van der Waals surface area contributed by atoms with Crippen molar-refractivity contribution in [3.8, 4) is 0 Å². The van der Waals surface area contributed by atoms with Crippen LogP contribution in [0.3, 0.4) is 0 Å². The summed E-state index contributed by atoms with van der Waals surface area (Å²) in [5.74, 6) is 0.0907. The summed E-state index contributed by atoms with van der Waals surface area (Å²) in [5, 5.41) is 4.93. The molecule has 0 saturated carbocycles. The molecule has 16 heavy (non-hydrogen) atoms. The summed E-state index contributed by atoms with van der Waals surface area (Å²) in [6.45, 7) is 2.25. The highest BCUT2D eigenvalue weighted by atomic mass is 32.1. The van der Waals surface area contributed by atoms with Gasteiger partial charge in [0.2, 0.25) is 5.91 Å². The minimum atomic E-state index is -0.235. The van der Waals surface area contributed by atoms with Gasteiger partial charge in [-0.3, -0.25) is 4.79 Å². The molecule has 1 unspecified atom stereocenters. The van der Waals surface area contributed by atoms with Gasteiger partial charge in [-0.05, 0) is 7.05 Å². The molecule has 0 radical (unpaired) electrons. The lowest BCUT2D eigenvalue weighted by Crippen LogP contribution is -2.45. The maximum absolute atomic E-state index is 12.1. The van der Waals surface area contributed by atoms with Crippen LogP contribution in [0.15, 0.2) is 10.9 Å². The summed E-state index contributed by atoms with van der Waals surface area (Å²) < 4.78 is 5.38. The number of likely N-dealkylation sites (N-methyl/N-ethyl adjacent to an activating group) is 1. The molecule has 5 nitrogen and oxygen atoms in total. The summed E-state index contributed by atoms with van der Waals surface area (Å²) in [6.07, 6.45) is 0. The second kappa shape index (κ2) is 5.38. The number of aromatic nitrogens is 1. The van der Waals surface area contributed by atoms with E-state index >= 15 is 0 Å². The average Bonchev–Trinajstić information content (AvgIpc) is 2.73. The number of rotatable bonds is 3. The minimum absolute atomic E-state index is 0.0907. The van der Waals surface area contributed by atoms with Gasteiger partial charge in [0.25, 0.3) is 0 Å². The third-order valence-electron chi connectivity index (χ3n) is 2.58. The normalized spacial score (nSPS) is 22.2. The Labute approximate surface area is 98.4 Å². The zero-order chi connectivity index (χ0) is 11.4. The molecule has 2 heterocycles. The van der Waals surface area contributed by atoms with Crippen molar-refractivity contribution >= 4 is 17.2 Å². The van der Waals surface area contributed by atoms with Crippen LogP contribution in [-0.4, -0.2) is 48.6 Å². The van der Waals surface area contributed by atoms with E-state index in [4.69, 9.17) is 4.74 Å². The summed E-state index contributed by atoms with van der Waals surface area (Å²) in [4.78, 5) is 18.0. The van der Waals surface area contributed by atoms with E-state index in [0.29, 0.717) is 26.3 Å². The van der Waals surface area contributed by atoms with Crippen molar-refractivity contribution in [2.45, 2.75) is 12.6 Å². The third-order valence-corrected chi connectivity index (χ3v) is 3.22. The molecule has 0 bridgehead atoms. The van der Waals surface area contributed by atoms with Crippen molar-refractivity contribution in [1.29, 1.82) is 0 Å². The zero-order valence-corrected chi connectivity index (χ0v) is 10.00. The van der Waals surface area contributed by atoms with Gasteiger partial charge in [-0.1, -0.05) is 0 Å². The van der Waals surface area contributed by atoms with Crippen molar-refractivity contribution in [3.05, 3.63) is 16.6 Å². The predicted molar refractivity (Wildman–Crippen MR) is 61.2 cm³/mol. The first-order valence-corrected chi connectivity index (χ1v) is 6.16. The van der Waals surface area contributed by atoms with Crippen LogP contribution in [-0.2, 0) is 16.1 Å². The van der Waals surface area contributed by atoms with Gasteiger partial charge in [0, 0.05) is 11.9 Å². The van der Waals surface area contributed by atoms with E-state index < -0.39 is 0 Å². The van der Waals surface area contributed by atoms with E-state index in [1.807, 2.05) is 5.38 Å². The monoisotopic (exact) mass is 241 g/mol. The Kier molecular flexibility index (Phi) is 3.87. The highest BCUT2D eigenvalue weighted by Gasteiger charge is 2.26. The summed E-state index contributed by atoms with van der Waals surface area (Å²) in [6, 6.07) is -0.235. The summed E-state index contributed by atoms with van der Waals surface area (Å²) in [5.41, 5.74) is 2.72. The topological polar surface area (TPSA) is 54.5 Å². The second-order valence-corrected chi connectivity index (χ2v) is 4.37. The van der Waals surface area contributed by atoms with Gasteiger partial charge in [-0.25, -0.2) is 4.98 Å². The summed E-state index contributed by atoms with van der Waals surface area (Å²) in [7, 11) is 1.78. The lowest BCUT2D eigenvalue weighted by atomic mass is 10.2. The Morgan fingerprint density at radius 1 is 1.75 bits per heavy atom. The van der Waals surface area contributed by atoms with Gasteiger partial charge >= 0.3 is 0 Å². The fraction of sp³-hybridized carbons (Fsp3) is 0.600. The van der Waals surface area contributed by atoms with E-state index in [2.05, 4.69) is 10.3 Å². The maximum Gasteiger partial charge on any atom is 0.242 e. The largest absolute Gasteiger partial charge is 0.377 e. The van der Waals surface area contributed by atoms with Crippen LogP contribution in [0, 0.1) is 0 Å². The Morgan fingerprint density at radius 3 is 3.31 bits per heavy atom. The molecule has 1 aromatic rings. The number of hydrogen-bond acceptors (Lipinski definition) is 5. The number of hydrogen-bond donors (Lipinski definition) is 1. The van der Waals surface area contributed by atoms with Crippen LogP contribution in [0.5, 0.6) is 0 Å². The van der Waals surface area contributed by atoms with Crippen LogP contribution >= 0.6 is 11.3 Å². The molecule has 1 N–H and O–H groups in total. The van der Waals surface area contributed by atoms with Crippen LogP contribution in [0.2, 0.25) is 0 Å². The van der Waals surface area contributed by atoms with Gasteiger partial charge < -0.3 is 15.0 Å². The third kappa shape index (κ3) is 2.58. The molecular weight excluding hydrogens is 226 g/mol. The van der Waals surface area contributed by atoms with E-state index in [-0.39, 0.29) is 11.9 Å². The molecule has 88 valence electrons. The SMILES string of the molecule is CNC1COCCN(Cc2cscn2)C1=O. The Morgan fingerprint density at radius 2 is 2.62 bits per heavy atom. The fourth-order valence-corrected chi connectivity index (χ4v) is 2.20. The molecule has 1 saturated heterocycles. The van der Waals surface area contributed by atoms with E-state index in [0.717, 1.165) is 5.69 Å². The first-order valence-electron chi connectivity index (χ1n) is 5.22. The number of ether oxygens (including phenoxy) is 1. The molecule has 6 heteroatoms. The van der Waals surface area contributed by atoms with E-state index in [9.17, 15) is 4.79 Å². The lowest BCUT2D eigenvalue weighted by Gasteiger charge is -2.22. The van der Waals surface area contributed by atoms with Crippen LogP contribution in [0.25, 0.3) is 0 Å². The standard InChI is InChI=1S/C10H15N3O2S/c1-11-9-5-15-3-2-13(10(9)14)4-8-6-16-7-12-8/h6-7,9,11H,2-5H2,1H3. The van der Waals surface area contributed by atoms with Gasteiger partial charge in [0.05, 0.1) is 31.0 Å². The van der Waals surface area contributed by atoms with Crippen LogP contribution in [0.4, 0.5) is 0 Å². The van der Waals surface area contributed by atoms with Crippen molar-refractivity contribution in [3.63, 3.8) is 0 Å². The quantitative estimate of drug-likeness (QED) is 0.815. The number of nitrogens with one attached hydrogen (secondary N) is 1. The average molecular weight is 241 g/mol. The fourth-order valence-electron chi connectivity index (χ4n) is 1.65. The van der Waals surface area contributed by atoms with Crippen molar-refractivity contribution in [2.24, 2.45) is 0 Å². The van der Waals surface area contributed by atoms with Crippen LogP contribution < -0.4 is 5.32 Å². The van der Waals surface area contributed by atoms with Crippen molar-refractivity contribution < 1.29 is 9.53 Å². The summed E-state index contributed by atoms with van der Waals surface area (Å²) >= 11 is 1.55. The van der Waals surface area contributed by atoms with Crippen LogP contribution in [0.1, 0.15) is 5.69 Å².